The Kier molecular flexibility index (Phi) is 4.19. The molecule has 6 heteroatoms. The zero-order valence-electron chi connectivity index (χ0n) is 17.6. The molecule has 4 heterocycles. The maximum Gasteiger partial charge on any atom is 0.271 e. The van der Waals surface area contributed by atoms with Gasteiger partial charge in [0.1, 0.15) is 0 Å². The number of thiazole rings is 1. The molecular formula is C27H19N3OS2. The number of benzene rings is 2. The van der Waals surface area contributed by atoms with Gasteiger partial charge in [-0.05, 0) is 47.6 Å². The number of rotatable bonds is 2. The topological polar surface area (TPSA) is 50.1 Å². The Morgan fingerprint density at radius 3 is 2.82 bits per heavy atom. The number of nitrogens with one attached hydrogen (secondary N) is 1. The molecule has 4 nitrogen and oxygen atoms in total. The van der Waals surface area contributed by atoms with Gasteiger partial charge in [0.15, 0.2) is 4.80 Å². The van der Waals surface area contributed by atoms with Gasteiger partial charge in [-0.3, -0.25) is 9.36 Å². The van der Waals surface area contributed by atoms with Gasteiger partial charge >= 0.3 is 0 Å². The van der Waals surface area contributed by atoms with Gasteiger partial charge in [-0.15, -0.1) is 11.3 Å². The molecule has 0 unspecified atom stereocenters. The molecule has 1 aliphatic heterocycles. The van der Waals surface area contributed by atoms with E-state index in [9.17, 15) is 4.79 Å². The number of fused-ring (bicyclic) bond motifs is 4. The van der Waals surface area contributed by atoms with Crippen LogP contribution in [0.1, 0.15) is 34.0 Å². The largest absolute Gasteiger partial charge is 0.361 e. The Labute approximate surface area is 197 Å². The molecule has 1 N–H and O–H groups in total. The summed E-state index contributed by atoms with van der Waals surface area (Å²) in [6.07, 6.45) is 5.88. The maximum absolute atomic E-state index is 13.8. The summed E-state index contributed by atoms with van der Waals surface area (Å²) in [6, 6.07) is 20.8. The number of H-pyrrole nitrogens is 1. The zero-order chi connectivity index (χ0) is 21.9. The Bertz CT molecular complexity index is 1750. The summed E-state index contributed by atoms with van der Waals surface area (Å²) in [5.41, 5.74) is 6.97. The number of allylic oxidation sites excluding steroid dienone is 1. The predicted molar refractivity (Wildman–Crippen MR) is 135 cm³/mol. The second-order valence-electron chi connectivity index (χ2n) is 8.42. The summed E-state index contributed by atoms with van der Waals surface area (Å²) < 4.78 is 2.64. The fourth-order valence-corrected chi connectivity index (χ4v) is 6.91. The number of aryl methyl sites for hydroxylation is 1. The van der Waals surface area contributed by atoms with Crippen molar-refractivity contribution in [1.82, 2.24) is 9.55 Å². The summed E-state index contributed by atoms with van der Waals surface area (Å²) in [6.45, 7) is 0. The molecule has 1 atom stereocenters. The molecule has 0 bridgehead atoms. The second-order valence-corrected chi connectivity index (χ2v) is 10.4. The molecule has 1 aliphatic carbocycles. The van der Waals surface area contributed by atoms with Crippen LogP contribution in [0.25, 0.3) is 22.7 Å². The molecule has 0 saturated carbocycles. The van der Waals surface area contributed by atoms with E-state index in [0.717, 1.165) is 39.8 Å². The van der Waals surface area contributed by atoms with Gasteiger partial charge in [0.2, 0.25) is 0 Å². The highest BCUT2D eigenvalue weighted by atomic mass is 32.1. The summed E-state index contributed by atoms with van der Waals surface area (Å²) >= 11 is 3.19. The van der Waals surface area contributed by atoms with Crippen LogP contribution in [0.5, 0.6) is 0 Å². The molecular weight excluding hydrogens is 446 g/mol. The third-order valence-electron chi connectivity index (χ3n) is 6.59. The summed E-state index contributed by atoms with van der Waals surface area (Å²) in [5.74, 6) is 0. The molecule has 3 aromatic heterocycles. The van der Waals surface area contributed by atoms with Crippen LogP contribution in [0.2, 0.25) is 0 Å². The van der Waals surface area contributed by atoms with Crippen LogP contribution >= 0.6 is 22.7 Å². The van der Waals surface area contributed by atoms with Gasteiger partial charge in [-0.1, -0.05) is 59.9 Å². The molecule has 5 aromatic rings. The molecule has 0 amide bonds. The van der Waals surface area contributed by atoms with E-state index in [1.54, 1.807) is 11.3 Å². The molecule has 2 aliphatic rings. The maximum atomic E-state index is 13.8. The van der Waals surface area contributed by atoms with Gasteiger partial charge in [0.25, 0.3) is 5.56 Å². The van der Waals surface area contributed by atoms with Crippen molar-refractivity contribution in [3.63, 3.8) is 0 Å². The fraction of sp³-hybridized carbons (Fsp3) is 0.111. The predicted octanol–water partition coefficient (Wildman–Crippen LogP) is 4.86. The molecule has 7 rings (SSSR count). The number of hydrogen-bond acceptors (Lipinski definition) is 4. The number of hydrogen-bond donors (Lipinski definition) is 1. The van der Waals surface area contributed by atoms with Crippen molar-refractivity contribution in [3.8, 4) is 0 Å². The monoisotopic (exact) mass is 465 g/mol. The Morgan fingerprint density at radius 1 is 1.03 bits per heavy atom. The van der Waals surface area contributed by atoms with Gasteiger partial charge < -0.3 is 4.98 Å². The lowest BCUT2D eigenvalue weighted by Gasteiger charge is -2.30. The van der Waals surface area contributed by atoms with E-state index < -0.39 is 0 Å². The normalized spacial score (nSPS) is 17.6. The average Bonchev–Trinajstić information content (AvgIpc) is 3.59. The van der Waals surface area contributed by atoms with E-state index in [-0.39, 0.29) is 11.6 Å². The zero-order valence-corrected chi connectivity index (χ0v) is 19.2. The number of nitrogens with zero attached hydrogens (tertiary/aromatic N) is 2. The number of aromatic nitrogens is 2. The van der Waals surface area contributed by atoms with Gasteiger partial charge in [-0.25, -0.2) is 4.99 Å². The van der Waals surface area contributed by atoms with Crippen LogP contribution in [0.4, 0.5) is 0 Å². The minimum absolute atomic E-state index is 0.0350. The van der Waals surface area contributed by atoms with Crippen LogP contribution in [0, 0.1) is 0 Å². The van der Waals surface area contributed by atoms with Crippen molar-refractivity contribution >= 4 is 45.3 Å². The standard InChI is InChI=1S/C27H19N3OS2/c31-26-23(14-17-15-28-21-9-4-3-7-18(17)21)33-27-29-24-19-8-2-1-6-16(19)11-12-20(24)25(30(26)27)22-10-5-13-32-22/h1-10,13-15,25,28H,11-12H2/t25-/m1/s1. The lowest BCUT2D eigenvalue weighted by Crippen LogP contribution is -2.38. The molecule has 2 aromatic carbocycles. The third kappa shape index (κ3) is 2.88. The van der Waals surface area contributed by atoms with E-state index >= 15 is 0 Å². The third-order valence-corrected chi connectivity index (χ3v) is 8.50. The van der Waals surface area contributed by atoms with Crippen LogP contribution in [-0.2, 0) is 6.42 Å². The Hall–Kier alpha value is -3.48. The Balaban J connectivity index is 1.50. The van der Waals surface area contributed by atoms with Crippen LogP contribution < -0.4 is 14.9 Å². The molecule has 33 heavy (non-hydrogen) atoms. The van der Waals surface area contributed by atoms with Crippen molar-refractivity contribution in [2.75, 3.05) is 0 Å². The first-order valence-electron chi connectivity index (χ1n) is 11.0. The first-order chi connectivity index (χ1) is 16.3. The summed E-state index contributed by atoms with van der Waals surface area (Å²) in [5, 5.41) is 3.21. The average molecular weight is 466 g/mol. The van der Waals surface area contributed by atoms with E-state index in [1.807, 2.05) is 29.0 Å². The van der Waals surface area contributed by atoms with Gasteiger partial charge in [-0.2, -0.15) is 0 Å². The first-order valence-corrected chi connectivity index (χ1v) is 12.7. The number of para-hydroxylation sites is 1. The quantitative estimate of drug-likeness (QED) is 0.398. The molecule has 0 radical (unpaired) electrons. The van der Waals surface area contributed by atoms with E-state index in [4.69, 9.17) is 4.99 Å². The van der Waals surface area contributed by atoms with Crippen LogP contribution in [0.15, 0.2) is 87.6 Å². The SMILES string of the molecule is O=c1c(=Cc2c[nH]c3ccccc23)sc2n1[C@@H](c1cccs1)C1=C(N=2)c2ccccc2CC1. The summed E-state index contributed by atoms with van der Waals surface area (Å²) in [7, 11) is 0. The minimum Gasteiger partial charge on any atom is -0.361 e. The van der Waals surface area contributed by atoms with Crippen molar-refractivity contribution in [2.24, 2.45) is 4.99 Å². The molecule has 0 fully saturated rings. The highest BCUT2D eigenvalue weighted by Crippen LogP contribution is 2.42. The summed E-state index contributed by atoms with van der Waals surface area (Å²) in [4.78, 5) is 24.1. The second kappa shape index (κ2) is 7.27. The van der Waals surface area contributed by atoms with Crippen molar-refractivity contribution < 1.29 is 0 Å². The molecule has 0 spiro atoms. The number of thiophene rings is 1. The lowest BCUT2D eigenvalue weighted by atomic mass is 9.85. The van der Waals surface area contributed by atoms with Crippen LogP contribution in [0.3, 0.4) is 0 Å². The van der Waals surface area contributed by atoms with E-state index in [0.29, 0.717) is 4.53 Å². The van der Waals surface area contributed by atoms with Crippen molar-refractivity contribution in [3.05, 3.63) is 119 Å². The first kappa shape index (κ1) is 19.0. The molecule has 160 valence electrons. The molecule has 0 saturated heterocycles. The highest BCUT2D eigenvalue weighted by molar-refractivity contribution is 7.10. The van der Waals surface area contributed by atoms with E-state index in [2.05, 4.69) is 58.9 Å². The van der Waals surface area contributed by atoms with Gasteiger partial charge in [0, 0.05) is 33.1 Å². The van der Waals surface area contributed by atoms with Crippen molar-refractivity contribution in [2.45, 2.75) is 18.9 Å². The lowest BCUT2D eigenvalue weighted by molar-refractivity contribution is 0.593. The van der Waals surface area contributed by atoms with Gasteiger partial charge in [0.05, 0.1) is 16.3 Å². The minimum atomic E-state index is -0.0882. The highest BCUT2D eigenvalue weighted by Gasteiger charge is 2.32. The van der Waals surface area contributed by atoms with E-state index in [1.165, 1.54) is 32.9 Å². The smallest absolute Gasteiger partial charge is 0.271 e. The number of aromatic amines is 1. The fourth-order valence-electron chi connectivity index (χ4n) is 5.07. The Morgan fingerprint density at radius 2 is 1.91 bits per heavy atom. The van der Waals surface area contributed by atoms with Crippen LogP contribution in [-0.4, -0.2) is 9.55 Å². The van der Waals surface area contributed by atoms with Crippen molar-refractivity contribution in [1.29, 1.82) is 0 Å².